The van der Waals surface area contributed by atoms with Gasteiger partial charge < -0.3 is 4.90 Å². The Bertz CT molecular complexity index is 4910. The Labute approximate surface area is 468 Å². The van der Waals surface area contributed by atoms with E-state index in [-0.39, 0.29) is 0 Å². The van der Waals surface area contributed by atoms with Crippen LogP contribution in [0.4, 0.5) is 17.1 Å². The molecule has 81 heavy (non-hydrogen) atoms. The van der Waals surface area contributed by atoms with Gasteiger partial charge in [0.2, 0.25) is 0 Å². The fourth-order valence-corrected chi connectivity index (χ4v) is 16.5. The van der Waals surface area contributed by atoms with Gasteiger partial charge in [-0.05, 0) is 190 Å². The van der Waals surface area contributed by atoms with Gasteiger partial charge >= 0.3 is 0 Å². The molecule has 0 bridgehead atoms. The first-order chi connectivity index (χ1) is 40.2. The first kappa shape index (κ1) is 43.6. The number of benzene rings is 15. The van der Waals surface area contributed by atoms with Crippen LogP contribution in [0.25, 0.3) is 109 Å². The number of para-hydroxylation sites is 1. The molecular weight excluding hydrogens is 975 g/mol. The number of hydrogen-bond donors (Lipinski definition) is 0. The van der Waals surface area contributed by atoms with Crippen LogP contribution in [-0.4, -0.2) is 0 Å². The highest BCUT2D eigenvalue weighted by Crippen LogP contribution is 2.69. The molecule has 15 aromatic rings. The first-order valence-corrected chi connectivity index (χ1v) is 28.5. The van der Waals surface area contributed by atoms with Crippen molar-refractivity contribution in [2.45, 2.75) is 10.8 Å². The summed E-state index contributed by atoms with van der Waals surface area (Å²) < 4.78 is 0. The third-order valence-corrected chi connectivity index (χ3v) is 19.4. The highest BCUT2D eigenvalue weighted by molar-refractivity contribution is 6.25. The number of rotatable bonds is 3. The van der Waals surface area contributed by atoms with Gasteiger partial charge in [0.1, 0.15) is 0 Å². The summed E-state index contributed by atoms with van der Waals surface area (Å²) in [6.07, 6.45) is 0. The molecule has 0 atom stereocenters. The normalized spacial score (nSPS) is 14.1. The molecule has 4 aliphatic carbocycles. The lowest BCUT2D eigenvalue weighted by atomic mass is 9.69. The van der Waals surface area contributed by atoms with Gasteiger partial charge in [-0.2, -0.15) is 0 Å². The van der Waals surface area contributed by atoms with E-state index in [1.54, 1.807) is 0 Å². The van der Waals surface area contributed by atoms with Crippen LogP contribution in [0, 0.1) is 0 Å². The van der Waals surface area contributed by atoms with Crippen LogP contribution in [0.2, 0.25) is 0 Å². The zero-order valence-electron chi connectivity index (χ0n) is 44.1. The molecule has 0 radical (unpaired) electrons. The average molecular weight is 1020 g/mol. The quantitative estimate of drug-likeness (QED) is 0.159. The van der Waals surface area contributed by atoms with Crippen molar-refractivity contribution in [1.82, 2.24) is 0 Å². The van der Waals surface area contributed by atoms with Crippen LogP contribution in [-0.2, 0) is 10.8 Å². The molecule has 0 heterocycles. The highest BCUT2D eigenvalue weighted by Gasteiger charge is 2.55. The summed E-state index contributed by atoms with van der Waals surface area (Å²) in [4.78, 5) is 2.50. The van der Waals surface area contributed by atoms with Crippen LogP contribution < -0.4 is 4.90 Å². The van der Waals surface area contributed by atoms with Crippen molar-refractivity contribution >= 4 is 81.7 Å². The molecule has 0 fully saturated rings. The molecule has 0 amide bonds. The molecule has 0 N–H and O–H groups in total. The van der Waals surface area contributed by atoms with Crippen LogP contribution in [0.3, 0.4) is 0 Å². The largest absolute Gasteiger partial charge is 0.310 e. The molecule has 0 aliphatic heterocycles. The minimum atomic E-state index is -0.534. The summed E-state index contributed by atoms with van der Waals surface area (Å²) in [6.45, 7) is 0. The van der Waals surface area contributed by atoms with E-state index in [0.29, 0.717) is 0 Å². The summed E-state index contributed by atoms with van der Waals surface area (Å²) in [5.74, 6) is 0. The number of nitrogens with zero attached hydrogens (tertiary/aromatic N) is 1. The zero-order chi connectivity index (χ0) is 52.7. The molecule has 0 saturated heterocycles. The van der Waals surface area contributed by atoms with E-state index < -0.39 is 10.8 Å². The monoisotopic (exact) mass is 1020 g/mol. The van der Waals surface area contributed by atoms with E-state index in [2.05, 4.69) is 290 Å². The Kier molecular flexibility index (Phi) is 8.45. The summed E-state index contributed by atoms with van der Waals surface area (Å²) >= 11 is 0. The maximum absolute atomic E-state index is 2.50. The van der Waals surface area contributed by atoms with Crippen molar-refractivity contribution in [1.29, 1.82) is 0 Å². The van der Waals surface area contributed by atoms with E-state index in [9.17, 15) is 0 Å². The molecular formula is C80H47N. The van der Waals surface area contributed by atoms with Crippen LogP contribution in [0.1, 0.15) is 44.5 Å². The molecule has 0 unspecified atom stereocenters. The van der Waals surface area contributed by atoms with Crippen molar-refractivity contribution in [2.75, 3.05) is 4.90 Å². The molecule has 0 aromatic heterocycles. The average Bonchev–Trinajstić information content (AvgIpc) is 1.65. The van der Waals surface area contributed by atoms with Gasteiger partial charge in [-0.25, -0.2) is 0 Å². The SMILES string of the molecule is c1ccc(N(c2ccc3c4c(c5ccccc5c3c2)-c2c(ccc3ccccc23)C42c3ccccc3-c3ccccc32)c2ccc3c4c(c5ccccc5c3c2)-c2c(ccc3ccccc23)C42c3ccccc3-c3ccccc32)cc1. The second-order valence-corrected chi connectivity index (χ2v) is 22.8. The van der Waals surface area contributed by atoms with Gasteiger partial charge in [0.15, 0.2) is 0 Å². The number of fused-ring (bicyclic) bond motifs is 34. The predicted molar refractivity (Wildman–Crippen MR) is 339 cm³/mol. The van der Waals surface area contributed by atoms with Gasteiger partial charge in [-0.1, -0.05) is 249 Å². The molecule has 15 aromatic carbocycles. The van der Waals surface area contributed by atoms with Crippen LogP contribution in [0.15, 0.2) is 285 Å². The minimum absolute atomic E-state index is 0.534. The molecule has 372 valence electrons. The van der Waals surface area contributed by atoms with E-state index in [0.717, 1.165) is 17.1 Å². The second kappa shape index (κ2) is 15.7. The fourth-order valence-electron chi connectivity index (χ4n) is 16.5. The van der Waals surface area contributed by atoms with Crippen molar-refractivity contribution in [3.63, 3.8) is 0 Å². The topological polar surface area (TPSA) is 3.24 Å². The van der Waals surface area contributed by atoms with Crippen LogP contribution >= 0.6 is 0 Å². The number of anilines is 3. The van der Waals surface area contributed by atoms with Gasteiger partial charge in [0.05, 0.1) is 10.8 Å². The van der Waals surface area contributed by atoms with Gasteiger partial charge in [0.25, 0.3) is 0 Å². The Balaban J connectivity index is 0.905. The standard InChI is InChI=1S/C80H47N/c1-2-22-50(23-3-1)81(51-40-42-63-65(46-51)55-26-8-10-32-61(55)75-73-53-24-6-4-20-48(53)38-44-71(73)79(77(63)75)67-34-16-12-28-57(67)58-29-13-17-35-68(58)79)52-41-43-64-66(47-52)56-27-9-11-33-62(56)76-74-54-25-7-5-21-49(54)39-45-72(74)80(78(64)76)69-36-18-14-30-59(69)60-31-15-19-37-70(60)80/h1-47H. The van der Waals surface area contributed by atoms with Gasteiger partial charge in [-0.15, -0.1) is 0 Å². The zero-order valence-corrected chi connectivity index (χ0v) is 44.1. The molecule has 1 nitrogen and oxygen atoms in total. The maximum Gasteiger partial charge on any atom is 0.0732 e. The van der Waals surface area contributed by atoms with Crippen molar-refractivity contribution < 1.29 is 0 Å². The highest BCUT2D eigenvalue weighted by atomic mass is 15.1. The van der Waals surface area contributed by atoms with E-state index in [4.69, 9.17) is 0 Å². The summed E-state index contributed by atoms with van der Waals surface area (Å²) in [7, 11) is 0. The minimum Gasteiger partial charge on any atom is -0.310 e. The van der Waals surface area contributed by atoms with E-state index >= 15 is 0 Å². The van der Waals surface area contributed by atoms with E-state index in [1.165, 1.54) is 154 Å². The molecule has 4 aliphatic rings. The Morgan fingerprint density at radius 3 is 0.963 bits per heavy atom. The third kappa shape index (κ3) is 5.28. The fraction of sp³-hybridized carbons (Fsp3) is 0.0250. The van der Waals surface area contributed by atoms with Crippen LogP contribution in [0.5, 0.6) is 0 Å². The summed E-state index contributed by atoms with van der Waals surface area (Å²) in [5.41, 5.74) is 23.8. The van der Waals surface area contributed by atoms with Gasteiger partial charge in [-0.3, -0.25) is 0 Å². The molecule has 2 spiro atoms. The molecule has 19 rings (SSSR count). The first-order valence-electron chi connectivity index (χ1n) is 28.5. The second-order valence-electron chi connectivity index (χ2n) is 22.8. The van der Waals surface area contributed by atoms with Crippen molar-refractivity contribution in [2.24, 2.45) is 0 Å². The summed E-state index contributed by atoms with van der Waals surface area (Å²) in [6, 6.07) is 109. The molecule has 0 saturated carbocycles. The van der Waals surface area contributed by atoms with E-state index in [1.807, 2.05) is 0 Å². The summed E-state index contributed by atoms with van der Waals surface area (Å²) in [5, 5.41) is 15.2. The Hall–Kier alpha value is -10.3. The third-order valence-electron chi connectivity index (χ3n) is 19.4. The lowest BCUT2D eigenvalue weighted by Crippen LogP contribution is -2.26. The maximum atomic E-state index is 2.50. The van der Waals surface area contributed by atoms with Gasteiger partial charge in [0, 0.05) is 17.1 Å². The Morgan fingerprint density at radius 2 is 0.543 bits per heavy atom. The lowest BCUT2D eigenvalue weighted by Gasteiger charge is -2.33. The smallest absolute Gasteiger partial charge is 0.0732 e. The van der Waals surface area contributed by atoms with Crippen molar-refractivity contribution in [3.8, 4) is 44.5 Å². The lowest BCUT2D eigenvalue weighted by molar-refractivity contribution is 0.802. The van der Waals surface area contributed by atoms with Crippen molar-refractivity contribution in [3.05, 3.63) is 330 Å². The molecule has 1 heteroatoms. The number of hydrogen-bond acceptors (Lipinski definition) is 1. The predicted octanol–water partition coefficient (Wildman–Crippen LogP) is 20.8. The Morgan fingerprint density at radius 1 is 0.198 bits per heavy atom.